The Bertz CT molecular complexity index is 183. The Balaban J connectivity index is 2.47. The van der Waals surface area contributed by atoms with Crippen LogP contribution >= 0.6 is 0 Å². The van der Waals surface area contributed by atoms with Gasteiger partial charge in [0.2, 0.25) is 0 Å². The molecule has 14 heavy (non-hydrogen) atoms. The zero-order valence-electron chi connectivity index (χ0n) is 8.92. The van der Waals surface area contributed by atoms with Gasteiger partial charge in [-0.3, -0.25) is 4.79 Å². The minimum absolute atomic E-state index is 0.479. The van der Waals surface area contributed by atoms with Crippen molar-refractivity contribution in [2.24, 2.45) is 5.41 Å². The van der Waals surface area contributed by atoms with E-state index in [2.05, 4.69) is 6.92 Å². The summed E-state index contributed by atoms with van der Waals surface area (Å²) in [5.74, 6) is -0.628. The highest BCUT2D eigenvalue weighted by molar-refractivity contribution is 5.74. The maximum atomic E-state index is 11.2. The van der Waals surface area contributed by atoms with Crippen LogP contribution in [0.5, 0.6) is 0 Å². The van der Waals surface area contributed by atoms with Crippen LogP contribution in [0.2, 0.25) is 0 Å². The zero-order chi connectivity index (χ0) is 10.4. The highest BCUT2D eigenvalue weighted by Crippen LogP contribution is 2.36. The van der Waals surface area contributed by atoms with Crippen LogP contribution in [0.1, 0.15) is 45.4 Å². The van der Waals surface area contributed by atoms with Gasteiger partial charge in [-0.15, -0.1) is 0 Å². The fraction of sp³-hybridized carbons (Fsp3) is 0.909. The molecule has 3 heteroatoms. The van der Waals surface area contributed by atoms with Crippen LogP contribution in [0.15, 0.2) is 0 Å². The lowest BCUT2D eigenvalue weighted by Crippen LogP contribution is -2.37. The fourth-order valence-electron chi connectivity index (χ4n) is 2.05. The van der Waals surface area contributed by atoms with E-state index in [9.17, 15) is 9.90 Å². The van der Waals surface area contributed by atoms with E-state index in [1.165, 1.54) is 0 Å². The minimum atomic E-state index is -0.628. The van der Waals surface area contributed by atoms with E-state index >= 15 is 0 Å². The first kappa shape index (κ1) is 11.5. The van der Waals surface area contributed by atoms with Gasteiger partial charge in [0.15, 0.2) is 0 Å². The molecule has 0 unspecified atom stereocenters. The Labute approximate surface area is 85.5 Å². The van der Waals surface area contributed by atoms with Crippen molar-refractivity contribution in [2.45, 2.75) is 45.4 Å². The van der Waals surface area contributed by atoms with Crippen LogP contribution < -0.4 is 0 Å². The number of hydrogen-bond donors (Lipinski definition) is 1. The molecule has 3 nitrogen and oxygen atoms in total. The summed E-state index contributed by atoms with van der Waals surface area (Å²) in [6.07, 6.45) is 5.50. The molecule has 0 aliphatic carbocycles. The standard InChI is InChI=1S/C11H20O3/c1-2-3-4-5-11(10(12)13)6-8-14-9-7-11/h2-9H2,1H3,(H,12,13). The summed E-state index contributed by atoms with van der Waals surface area (Å²) in [6.45, 7) is 3.36. The number of carbonyl (C=O) groups is 1. The third-order valence-electron chi connectivity index (χ3n) is 3.16. The van der Waals surface area contributed by atoms with Gasteiger partial charge < -0.3 is 9.84 Å². The van der Waals surface area contributed by atoms with Crippen molar-refractivity contribution in [3.63, 3.8) is 0 Å². The van der Waals surface area contributed by atoms with Gasteiger partial charge >= 0.3 is 5.97 Å². The molecule has 1 aliphatic heterocycles. The van der Waals surface area contributed by atoms with Gasteiger partial charge in [0.05, 0.1) is 5.41 Å². The molecule has 0 aromatic rings. The minimum Gasteiger partial charge on any atom is -0.481 e. The van der Waals surface area contributed by atoms with Crippen molar-refractivity contribution < 1.29 is 14.6 Å². The molecule has 0 saturated carbocycles. The smallest absolute Gasteiger partial charge is 0.309 e. The number of aliphatic carboxylic acids is 1. The van der Waals surface area contributed by atoms with Crippen molar-refractivity contribution in [3.8, 4) is 0 Å². The quantitative estimate of drug-likeness (QED) is 0.693. The highest BCUT2D eigenvalue weighted by atomic mass is 16.5. The third-order valence-corrected chi connectivity index (χ3v) is 3.16. The molecule has 0 amide bonds. The van der Waals surface area contributed by atoms with Crippen molar-refractivity contribution in [1.29, 1.82) is 0 Å². The van der Waals surface area contributed by atoms with Crippen molar-refractivity contribution in [2.75, 3.05) is 13.2 Å². The Morgan fingerprint density at radius 3 is 2.50 bits per heavy atom. The first-order valence-electron chi connectivity index (χ1n) is 5.52. The molecule has 0 aromatic carbocycles. The van der Waals surface area contributed by atoms with Gasteiger partial charge in [0.25, 0.3) is 0 Å². The van der Waals surface area contributed by atoms with Crippen LogP contribution in [0.3, 0.4) is 0 Å². The summed E-state index contributed by atoms with van der Waals surface area (Å²) >= 11 is 0. The topological polar surface area (TPSA) is 46.5 Å². The summed E-state index contributed by atoms with van der Waals surface area (Å²) in [5.41, 5.74) is -0.479. The first-order chi connectivity index (χ1) is 6.71. The number of carboxylic acids is 1. The molecule has 0 aromatic heterocycles. The van der Waals surface area contributed by atoms with E-state index in [1.807, 2.05) is 0 Å². The van der Waals surface area contributed by atoms with Crippen LogP contribution in [0, 0.1) is 5.41 Å². The molecule has 1 rings (SSSR count). The molecular weight excluding hydrogens is 180 g/mol. The van der Waals surface area contributed by atoms with E-state index in [1.54, 1.807) is 0 Å². The maximum absolute atomic E-state index is 11.2. The van der Waals surface area contributed by atoms with Crippen LogP contribution in [0.4, 0.5) is 0 Å². The predicted molar refractivity (Wildman–Crippen MR) is 54.3 cm³/mol. The van der Waals surface area contributed by atoms with E-state index in [4.69, 9.17) is 4.74 Å². The molecule has 1 N–H and O–H groups in total. The number of unbranched alkanes of at least 4 members (excludes halogenated alkanes) is 2. The van der Waals surface area contributed by atoms with Gasteiger partial charge in [-0.2, -0.15) is 0 Å². The normalized spacial score (nSPS) is 20.6. The number of ether oxygens (including phenoxy) is 1. The summed E-state index contributed by atoms with van der Waals surface area (Å²) < 4.78 is 5.22. The number of rotatable bonds is 5. The van der Waals surface area contributed by atoms with Crippen molar-refractivity contribution in [1.82, 2.24) is 0 Å². The Morgan fingerprint density at radius 1 is 1.36 bits per heavy atom. The predicted octanol–water partition coefficient (Wildman–Crippen LogP) is 2.45. The second-order valence-electron chi connectivity index (χ2n) is 4.15. The van der Waals surface area contributed by atoms with E-state index in [0.717, 1.165) is 25.7 Å². The molecule has 0 bridgehead atoms. The molecule has 1 aliphatic rings. The summed E-state index contributed by atoms with van der Waals surface area (Å²) in [5, 5.41) is 9.23. The van der Waals surface area contributed by atoms with Gasteiger partial charge in [0.1, 0.15) is 0 Å². The molecular formula is C11H20O3. The zero-order valence-corrected chi connectivity index (χ0v) is 8.92. The van der Waals surface area contributed by atoms with E-state index in [-0.39, 0.29) is 0 Å². The number of carboxylic acid groups (broad SMARTS) is 1. The average molecular weight is 200 g/mol. The van der Waals surface area contributed by atoms with Crippen LogP contribution in [-0.4, -0.2) is 24.3 Å². The molecule has 0 radical (unpaired) electrons. The Morgan fingerprint density at radius 2 is 2.00 bits per heavy atom. The monoisotopic (exact) mass is 200 g/mol. The first-order valence-corrected chi connectivity index (χ1v) is 5.52. The molecule has 0 spiro atoms. The van der Waals surface area contributed by atoms with Gasteiger partial charge in [0, 0.05) is 13.2 Å². The van der Waals surface area contributed by atoms with Crippen molar-refractivity contribution >= 4 is 5.97 Å². The lowest BCUT2D eigenvalue weighted by molar-refractivity contribution is -0.155. The SMILES string of the molecule is CCCCCC1(C(=O)O)CCOCC1. The molecule has 0 atom stereocenters. The lowest BCUT2D eigenvalue weighted by Gasteiger charge is -2.33. The third kappa shape index (κ3) is 2.71. The number of hydrogen-bond acceptors (Lipinski definition) is 2. The molecule has 1 fully saturated rings. The van der Waals surface area contributed by atoms with Crippen molar-refractivity contribution in [3.05, 3.63) is 0 Å². The Hall–Kier alpha value is -0.570. The fourth-order valence-corrected chi connectivity index (χ4v) is 2.05. The lowest BCUT2D eigenvalue weighted by atomic mass is 9.76. The largest absolute Gasteiger partial charge is 0.481 e. The summed E-state index contributed by atoms with van der Waals surface area (Å²) in [7, 11) is 0. The van der Waals surface area contributed by atoms with Gasteiger partial charge in [-0.05, 0) is 19.3 Å². The van der Waals surface area contributed by atoms with E-state index < -0.39 is 11.4 Å². The Kier molecular flexibility index (Phi) is 4.39. The van der Waals surface area contributed by atoms with Gasteiger partial charge in [-0.25, -0.2) is 0 Å². The second-order valence-corrected chi connectivity index (χ2v) is 4.15. The average Bonchev–Trinajstić information content (AvgIpc) is 2.19. The molecule has 1 saturated heterocycles. The maximum Gasteiger partial charge on any atom is 0.309 e. The van der Waals surface area contributed by atoms with Crippen LogP contribution in [-0.2, 0) is 9.53 Å². The highest BCUT2D eigenvalue weighted by Gasteiger charge is 2.39. The van der Waals surface area contributed by atoms with Crippen LogP contribution in [0.25, 0.3) is 0 Å². The molecule has 1 heterocycles. The summed E-state index contributed by atoms with van der Waals surface area (Å²) in [6, 6.07) is 0. The molecule has 82 valence electrons. The van der Waals surface area contributed by atoms with E-state index in [0.29, 0.717) is 26.1 Å². The van der Waals surface area contributed by atoms with Gasteiger partial charge in [-0.1, -0.05) is 26.2 Å². The second kappa shape index (κ2) is 5.35. The summed E-state index contributed by atoms with van der Waals surface area (Å²) in [4.78, 5) is 11.2.